The first-order valence-electron chi connectivity index (χ1n) is 6.08. The summed E-state index contributed by atoms with van der Waals surface area (Å²) in [5.74, 6) is -0.815. The van der Waals surface area contributed by atoms with E-state index >= 15 is 0 Å². The molecule has 0 saturated heterocycles. The highest BCUT2D eigenvalue weighted by Crippen LogP contribution is 2.11. The quantitative estimate of drug-likeness (QED) is 0.801. The van der Waals surface area contributed by atoms with Crippen molar-refractivity contribution in [2.24, 2.45) is 0 Å². The van der Waals surface area contributed by atoms with E-state index in [1.165, 1.54) is 16.7 Å². The molecule has 18 heavy (non-hydrogen) atoms. The van der Waals surface area contributed by atoms with Crippen LogP contribution < -0.4 is 5.32 Å². The molecular formula is C14H22N2O2. The number of carboxylic acids is 1. The number of nitrogens with one attached hydrogen (secondary N) is 1. The van der Waals surface area contributed by atoms with Crippen molar-refractivity contribution in [2.75, 3.05) is 20.6 Å². The molecule has 4 nitrogen and oxygen atoms in total. The molecule has 0 aliphatic rings. The molecule has 0 radical (unpaired) electrons. The van der Waals surface area contributed by atoms with Crippen molar-refractivity contribution in [3.05, 3.63) is 34.9 Å². The second-order valence-electron chi connectivity index (χ2n) is 4.79. The minimum atomic E-state index is -0.815. The second kappa shape index (κ2) is 6.52. The highest BCUT2D eigenvalue weighted by molar-refractivity contribution is 5.73. The van der Waals surface area contributed by atoms with E-state index in [2.05, 4.69) is 37.4 Å². The van der Waals surface area contributed by atoms with Crippen LogP contribution in [0.25, 0.3) is 0 Å². The van der Waals surface area contributed by atoms with Gasteiger partial charge in [0.15, 0.2) is 0 Å². The van der Waals surface area contributed by atoms with Gasteiger partial charge in [0, 0.05) is 13.1 Å². The van der Waals surface area contributed by atoms with Gasteiger partial charge in [0.1, 0.15) is 6.04 Å². The predicted octanol–water partition coefficient (Wildman–Crippen LogP) is 1.41. The van der Waals surface area contributed by atoms with Crippen LogP contribution in [0.1, 0.15) is 16.7 Å². The molecule has 0 bridgehead atoms. The maximum absolute atomic E-state index is 10.9. The smallest absolute Gasteiger partial charge is 0.322 e. The summed E-state index contributed by atoms with van der Waals surface area (Å²) in [4.78, 5) is 12.9. The third-order valence-electron chi connectivity index (χ3n) is 3.16. The zero-order chi connectivity index (χ0) is 13.7. The molecule has 0 aliphatic heterocycles. The highest BCUT2D eigenvalue weighted by atomic mass is 16.4. The van der Waals surface area contributed by atoms with Crippen LogP contribution >= 0.6 is 0 Å². The van der Waals surface area contributed by atoms with Gasteiger partial charge in [-0.2, -0.15) is 0 Å². The van der Waals surface area contributed by atoms with Crippen molar-refractivity contribution in [1.82, 2.24) is 10.2 Å². The van der Waals surface area contributed by atoms with E-state index in [1.807, 2.05) is 11.9 Å². The minimum absolute atomic E-state index is 0.485. The normalized spacial score (nSPS) is 12.7. The number of benzene rings is 1. The molecule has 0 amide bonds. The fraction of sp³-hybridized carbons (Fsp3) is 0.500. The molecule has 0 spiro atoms. The lowest BCUT2D eigenvalue weighted by molar-refractivity contribution is -0.139. The van der Waals surface area contributed by atoms with Crippen LogP contribution in [0.15, 0.2) is 18.2 Å². The average molecular weight is 250 g/mol. The fourth-order valence-corrected chi connectivity index (χ4v) is 1.88. The summed E-state index contributed by atoms with van der Waals surface area (Å²) in [7, 11) is 3.60. The van der Waals surface area contributed by atoms with Crippen molar-refractivity contribution >= 4 is 5.97 Å². The molecule has 0 aliphatic carbocycles. The summed E-state index contributed by atoms with van der Waals surface area (Å²) in [6.07, 6.45) is 0. The van der Waals surface area contributed by atoms with Crippen LogP contribution in [-0.2, 0) is 11.3 Å². The van der Waals surface area contributed by atoms with Crippen LogP contribution in [0.5, 0.6) is 0 Å². The third-order valence-corrected chi connectivity index (χ3v) is 3.16. The summed E-state index contributed by atoms with van der Waals surface area (Å²) in [6.45, 7) is 5.42. The molecule has 0 aromatic heterocycles. The predicted molar refractivity (Wildman–Crippen MR) is 72.7 cm³/mol. The summed E-state index contributed by atoms with van der Waals surface area (Å²) in [6, 6.07) is 5.82. The maximum Gasteiger partial charge on any atom is 0.322 e. The lowest BCUT2D eigenvalue weighted by Crippen LogP contribution is -2.43. The number of nitrogens with zero attached hydrogens (tertiary/aromatic N) is 1. The second-order valence-corrected chi connectivity index (χ2v) is 4.79. The van der Waals surface area contributed by atoms with Crippen molar-refractivity contribution in [3.63, 3.8) is 0 Å². The molecule has 1 rings (SSSR count). The molecule has 1 aromatic carbocycles. The van der Waals surface area contributed by atoms with Gasteiger partial charge in [0.2, 0.25) is 0 Å². The van der Waals surface area contributed by atoms with Gasteiger partial charge >= 0.3 is 5.97 Å². The van der Waals surface area contributed by atoms with Crippen molar-refractivity contribution in [3.8, 4) is 0 Å². The maximum atomic E-state index is 10.9. The first kappa shape index (κ1) is 14.7. The Bertz CT molecular complexity index is 418. The first-order valence-corrected chi connectivity index (χ1v) is 6.08. The number of carboxylic acid groups (broad SMARTS) is 1. The van der Waals surface area contributed by atoms with Crippen LogP contribution in [0.2, 0.25) is 0 Å². The number of carbonyl (C=O) groups is 1. The molecule has 4 heteroatoms. The zero-order valence-corrected chi connectivity index (χ0v) is 11.5. The van der Waals surface area contributed by atoms with Gasteiger partial charge in [-0.3, -0.25) is 9.69 Å². The molecule has 1 aromatic rings. The fourth-order valence-electron chi connectivity index (χ4n) is 1.88. The number of aryl methyl sites for hydroxylation is 2. The van der Waals surface area contributed by atoms with Gasteiger partial charge in [-0.05, 0) is 44.6 Å². The topological polar surface area (TPSA) is 52.6 Å². The minimum Gasteiger partial charge on any atom is -0.480 e. The third kappa shape index (κ3) is 4.13. The molecule has 0 saturated carbocycles. The Kier molecular flexibility index (Phi) is 5.31. The van der Waals surface area contributed by atoms with E-state index in [0.717, 1.165) is 6.54 Å². The monoisotopic (exact) mass is 250 g/mol. The first-order chi connectivity index (χ1) is 8.43. The summed E-state index contributed by atoms with van der Waals surface area (Å²) < 4.78 is 0. The molecule has 0 heterocycles. The number of hydrogen-bond acceptors (Lipinski definition) is 3. The molecule has 1 unspecified atom stereocenters. The molecule has 1 atom stereocenters. The Balaban J connectivity index is 2.61. The number of aliphatic carboxylic acids is 1. The lowest BCUT2D eigenvalue weighted by atomic mass is 10.1. The van der Waals surface area contributed by atoms with Crippen LogP contribution in [0.4, 0.5) is 0 Å². The highest BCUT2D eigenvalue weighted by Gasteiger charge is 2.16. The van der Waals surface area contributed by atoms with Crippen molar-refractivity contribution in [1.29, 1.82) is 0 Å². The molecular weight excluding hydrogens is 228 g/mol. The Labute approximate surface area is 109 Å². The van der Waals surface area contributed by atoms with Gasteiger partial charge < -0.3 is 10.4 Å². The SMILES string of the molecule is CNC(CN(C)Cc1ccc(C)c(C)c1)C(=O)O. The van der Waals surface area contributed by atoms with Gasteiger partial charge in [-0.15, -0.1) is 0 Å². The van der Waals surface area contributed by atoms with E-state index in [9.17, 15) is 4.79 Å². The standard InChI is InChI=1S/C14H22N2O2/c1-10-5-6-12(7-11(10)2)8-16(4)9-13(15-3)14(17)18/h5-7,13,15H,8-9H2,1-4H3,(H,17,18). The summed E-state index contributed by atoms with van der Waals surface area (Å²) in [5.41, 5.74) is 3.75. The number of likely N-dealkylation sites (N-methyl/N-ethyl adjacent to an activating group) is 2. The lowest BCUT2D eigenvalue weighted by Gasteiger charge is -2.21. The Hall–Kier alpha value is -1.39. The largest absolute Gasteiger partial charge is 0.480 e. The van der Waals surface area contributed by atoms with Crippen LogP contribution in [-0.4, -0.2) is 42.7 Å². The molecule has 100 valence electrons. The van der Waals surface area contributed by atoms with Crippen LogP contribution in [0.3, 0.4) is 0 Å². The summed E-state index contributed by atoms with van der Waals surface area (Å²) >= 11 is 0. The van der Waals surface area contributed by atoms with Crippen LogP contribution in [0, 0.1) is 13.8 Å². The van der Waals surface area contributed by atoms with Gasteiger partial charge in [0.05, 0.1) is 0 Å². The van der Waals surface area contributed by atoms with E-state index in [1.54, 1.807) is 7.05 Å². The zero-order valence-electron chi connectivity index (χ0n) is 11.5. The number of rotatable bonds is 6. The van der Waals surface area contributed by atoms with Crippen molar-refractivity contribution in [2.45, 2.75) is 26.4 Å². The summed E-state index contributed by atoms with van der Waals surface area (Å²) in [5, 5.41) is 11.8. The van der Waals surface area contributed by atoms with Gasteiger partial charge in [0.25, 0.3) is 0 Å². The van der Waals surface area contributed by atoms with Crippen molar-refractivity contribution < 1.29 is 9.90 Å². The molecule has 2 N–H and O–H groups in total. The van der Waals surface area contributed by atoms with E-state index in [4.69, 9.17) is 5.11 Å². The Morgan fingerprint density at radius 2 is 2.06 bits per heavy atom. The molecule has 0 fully saturated rings. The number of hydrogen-bond donors (Lipinski definition) is 2. The Morgan fingerprint density at radius 3 is 2.56 bits per heavy atom. The van der Waals surface area contributed by atoms with Gasteiger partial charge in [-0.25, -0.2) is 0 Å². The Morgan fingerprint density at radius 1 is 1.39 bits per heavy atom. The average Bonchev–Trinajstić information content (AvgIpc) is 2.30. The van der Waals surface area contributed by atoms with Gasteiger partial charge in [-0.1, -0.05) is 18.2 Å². The van der Waals surface area contributed by atoms with E-state index in [-0.39, 0.29) is 0 Å². The van der Waals surface area contributed by atoms with E-state index in [0.29, 0.717) is 6.54 Å². The van der Waals surface area contributed by atoms with E-state index < -0.39 is 12.0 Å².